The number of alkyl halides is 1. The highest BCUT2D eigenvalue weighted by molar-refractivity contribution is 9.15. The Morgan fingerprint density at radius 2 is 1.68 bits per heavy atom. The number of fused-ring (bicyclic) bond motifs is 1. The number of hydrogen-bond donors (Lipinski definition) is 0. The Balaban J connectivity index is 1.93. The summed E-state index contributed by atoms with van der Waals surface area (Å²) in [4.78, 5) is 0. The number of ether oxygens (including phenoxy) is 1. The van der Waals surface area contributed by atoms with Gasteiger partial charge in [-0.2, -0.15) is 0 Å². The average molecular weight is 361 g/mol. The van der Waals surface area contributed by atoms with Gasteiger partial charge in [-0.3, -0.25) is 0 Å². The van der Waals surface area contributed by atoms with Gasteiger partial charge in [-0.05, 0) is 44.6 Å². The van der Waals surface area contributed by atoms with Gasteiger partial charge in [-0.15, -0.1) is 0 Å². The second-order valence-electron chi connectivity index (χ2n) is 5.32. The van der Waals surface area contributed by atoms with Crippen LogP contribution in [0.3, 0.4) is 0 Å². The molecule has 22 heavy (non-hydrogen) atoms. The molecule has 0 saturated carbocycles. The molecule has 0 spiro atoms. The van der Waals surface area contributed by atoms with Gasteiger partial charge in [0.05, 0.1) is 6.61 Å². The van der Waals surface area contributed by atoms with Crippen LogP contribution in [0.25, 0.3) is 10.1 Å². The third kappa shape index (κ3) is 3.01. The van der Waals surface area contributed by atoms with E-state index in [-0.39, 0.29) is 12.5 Å². The molecule has 3 rings (SSSR count). The lowest BCUT2D eigenvalue weighted by Gasteiger charge is -2.17. The monoisotopic (exact) mass is 360 g/mol. The Bertz CT molecular complexity index is 666. The van der Waals surface area contributed by atoms with Crippen molar-refractivity contribution >= 4 is 26.0 Å². The van der Waals surface area contributed by atoms with Gasteiger partial charge in [0, 0.05) is 17.0 Å². The second kappa shape index (κ2) is 7.21. The normalized spacial score (nSPS) is 16.9. The Labute approximate surface area is 138 Å². The Hall–Kier alpha value is -1.45. The lowest BCUT2D eigenvalue weighted by atomic mass is 9.89. The zero-order valence-corrected chi connectivity index (χ0v) is 13.9. The van der Waals surface area contributed by atoms with Crippen LogP contribution in [0.4, 0.5) is 4.39 Å². The first-order chi connectivity index (χ1) is 10.8. The summed E-state index contributed by atoms with van der Waals surface area (Å²) in [6.07, 6.45) is 0.857. The maximum atomic E-state index is 12.2. The predicted molar refractivity (Wildman–Crippen MR) is 92.8 cm³/mol. The van der Waals surface area contributed by atoms with Crippen molar-refractivity contribution in [3.8, 4) is 0 Å². The summed E-state index contributed by atoms with van der Waals surface area (Å²) >= 11 is 3.78. The molecule has 1 atom stereocenters. The van der Waals surface area contributed by atoms with E-state index in [0.29, 0.717) is 6.61 Å². The highest BCUT2D eigenvalue weighted by Crippen LogP contribution is 2.50. The molecule has 1 nitrogen and oxygen atoms in total. The first kappa shape index (κ1) is 15.4. The summed E-state index contributed by atoms with van der Waals surface area (Å²) in [5.41, 5.74) is 5.08. The third-order valence-corrected chi connectivity index (χ3v) is 4.87. The minimum atomic E-state index is -0.424. The molecular formula is C19H18BrFO. The van der Waals surface area contributed by atoms with E-state index in [2.05, 4.69) is 64.5 Å². The topological polar surface area (TPSA) is 9.23 Å². The first-order valence-electron chi connectivity index (χ1n) is 7.51. The van der Waals surface area contributed by atoms with Crippen LogP contribution in [0.15, 0.2) is 54.6 Å². The highest BCUT2D eigenvalue weighted by atomic mass is 79.9. The quantitative estimate of drug-likeness (QED) is 0.624. The van der Waals surface area contributed by atoms with Gasteiger partial charge in [-0.25, -0.2) is 4.39 Å². The fraction of sp³-hybridized carbons (Fsp3) is 0.263. The summed E-state index contributed by atoms with van der Waals surface area (Å²) < 4.78 is 18.7. The third-order valence-electron chi connectivity index (χ3n) is 4.01. The molecule has 0 heterocycles. The molecule has 1 aliphatic rings. The number of halogens is 2. The van der Waals surface area contributed by atoms with E-state index in [1.165, 1.54) is 22.3 Å². The highest BCUT2D eigenvalue weighted by Gasteiger charge is 2.30. The van der Waals surface area contributed by atoms with Crippen molar-refractivity contribution < 1.29 is 9.13 Å². The van der Waals surface area contributed by atoms with Crippen LogP contribution < -0.4 is 0 Å². The van der Waals surface area contributed by atoms with Gasteiger partial charge in [0.2, 0.25) is 0 Å². The number of rotatable bonds is 6. The van der Waals surface area contributed by atoms with E-state index in [1.807, 2.05) is 6.07 Å². The molecule has 2 aromatic carbocycles. The van der Waals surface area contributed by atoms with Crippen LogP contribution in [-0.2, 0) is 4.74 Å². The minimum Gasteiger partial charge on any atom is -0.379 e. The maximum Gasteiger partial charge on any atom is 0.113 e. The van der Waals surface area contributed by atoms with E-state index in [4.69, 9.17) is 4.74 Å². The Morgan fingerprint density at radius 1 is 0.955 bits per heavy atom. The number of benzene rings is 2. The summed E-state index contributed by atoms with van der Waals surface area (Å²) in [7, 11) is 0. The molecule has 0 saturated heterocycles. The lowest BCUT2D eigenvalue weighted by molar-refractivity contribution is 0.115. The van der Waals surface area contributed by atoms with E-state index < -0.39 is 6.67 Å². The van der Waals surface area contributed by atoms with Crippen LogP contribution in [0.1, 0.15) is 29.0 Å². The van der Waals surface area contributed by atoms with Crippen LogP contribution >= 0.6 is 15.9 Å². The van der Waals surface area contributed by atoms with Crippen LogP contribution in [0, 0.1) is 0 Å². The smallest absolute Gasteiger partial charge is 0.113 e. The number of allylic oxidation sites excluding steroid dienone is 1. The Morgan fingerprint density at radius 3 is 2.45 bits per heavy atom. The van der Waals surface area contributed by atoms with Gasteiger partial charge in [-0.1, -0.05) is 54.6 Å². The number of hydrogen-bond acceptors (Lipinski definition) is 1. The molecule has 0 aromatic heterocycles. The molecule has 0 aliphatic heterocycles. The molecule has 3 heteroatoms. The molecule has 1 aliphatic carbocycles. The van der Waals surface area contributed by atoms with Crippen molar-refractivity contribution in [2.45, 2.75) is 12.3 Å². The molecule has 0 fully saturated rings. The summed E-state index contributed by atoms with van der Waals surface area (Å²) in [5, 5.41) is 0. The van der Waals surface area contributed by atoms with E-state index >= 15 is 0 Å². The predicted octanol–water partition coefficient (Wildman–Crippen LogP) is 5.42. The molecule has 0 bridgehead atoms. The summed E-state index contributed by atoms with van der Waals surface area (Å²) in [5.74, 6) is 0.285. The average Bonchev–Trinajstić information content (AvgIpc) is 2.85. The second-order valence-corrected chi connectivity index (χ2v) is 6.12. The minimum absolute atomic E-state index is 0.180. The molecule has 0 radical (unpaired) electrons. The fourth-order valence-corrected chi connectivity index (χ4v) is 3.92. The molecule has 0 amide bonds. The van der Waals surface area contributed by atoms with Gasteiger partial charge >= 0.3 is 0 Å². The molecule has 0 N–H and O–H groups in total. The fourth-order valence-electron chi connectivity index (χ4n) is 3.06. The van der Waals surface area contributed by atoms with E-state index in [9.17, 15) is 4.39 Å². The standard InChI is InChI=1S/C19H18BrFO/c20-19-17-9-5-4-8-15(17)16(10-12-22-13-11-21)18(19)14-6-2-1-3-7-14/h1-9,16H,10-13H2. The van der Waals surface area contributed by atoms with Crippen molar-refractivity contribution in [3.63, 3.8) is 0 Å². The molecule has 2 aromatic rings. The first-order valence-corrected chi connectivity index (χ1v) is 8.30. The van der Waals surface area contributed by atoms with Gasteiger partial charge in [0.15, 0.2) is 0 Å². The molecular weight excluding hydrogens is 343 g/mol. The van der Waals surface area contributed by atoms with Gasteiger partial charge < -0.3 is 4.74 Å². The van der Waals surface area contributed by atoms with E-state index in [1.54, 1.807) is 0 Å². The summed E-state index contributed by atoms with van der Waals surface area (Å²) in [6.45, 7) is 0.325. The molecule has 1 unspecified atom stereocenters. The van der Waals surface area contributed by atoms with E-state index in [0.717, 1.165) is 10.9 Å². The van der Waals surface area contributed by atoms with Crippen molar-refractivity contribution in [3.05, 3.63) is 71.3 Å². The van der Waals surface area contributed by atoms with Crippen LogP contribution in [0.5, 0.6) is 0 Å². The molecule has 114 valence electrons. The van der Waals surface area contributed by atoms with Gasteiger partial charge in [0.1, 0.15) is 6.67 Å². The van der Waals surface area contributed by atoms with Crippen LogP contribution in [-0.4, -0.2) is 19.9 Å². The Kier molecular flexibility index (Phi) is 5.06. The van der Waals surface area contributed by atoms with Crippen LogP contribution in [0.2, 0.25) is 0 Å². The largest absolute Gasteiger partial charge is 0.379 e. The van der Waals surface area contributed by atoms with Gasteiger partial charge in [0.25, 0.3) is 0 Å². The van der Waals surface area contributed by atoms with Crippen molar-refractivity contribution in [2.75, 3.05) is 19.9 Å². The SMILES string of the molecule is FCCOCCC1C(c2ccccc2)=C(Br)c2ccccc21. The maximum absolute atomic E-state index is 12.2. The zero-order chi connectivity index (χ0) is 15.4. The van der Waals surface area contributed by atoms with Crippen molar-refractivity contribution in [1.82, 2.24) is 0 Å². The zero-order valence-electron chi connectivity index (χ0n) is 12.3. The van der Waals surface area contributed by atoms with Crippen molar-refractivity contribution in [1.29, 1.82) is 0 Å². The summed E-state index contributed by atoms with van der Waals surface area (Å²) in [6, 6.07) is 18.9. The van der Waals surface area contributed by atoms with Crippen molar-refractivity contribution in [2.24, 2.45) is 0 Å². The lowest BCUT2D eigenvalue weighted by Crippen LogP contribution is -2.06.